The number of benzene rings is 1. The van der Waals surface area contributed by atoms with E-state index in [1.165, 1.54) is 4.68 Å². The average Bonchev–Trinajstić information content (AvgIpc) is 2.88. The Balaban J connectivity index is 2.06. The molecule has 2 aromatic heterocycles. The number of hydrogen-bond acceptors (Lipinski definition) is 5. The van der Waals surface area contributed by atoms with Crippen LogP contribution in [-0.4, -0.2) is 33.0 Å². The van der Waals surface area contributed by atoms with Gasteiger partial charge in [-0.1, -0.05) is 11.6 Å². The zero-order valence-corrected chi connectivity index (χ0v) is 15.4. The first kappa shape index (κ1) is 17.4. The van der Waals surface area contributed by atoms with Gasteiger partial charge in [0.2, 0.25) is 0 Å². The number of aromatic nitrogens is 4. The second kappa shape index (κ2) is 6.85. The van der Waals surface area contributed by atoms with E-state index in [-0.39, 0.29) is 5.56 Å². The fourth-order valence-electron chi connectivity index (χ4n) is 2.75. The Kier molecular flexibility index (Phi) is 4.78. The third-order valence-corrected chi connectivity index (χ3v) is 4.51. The largest absolute Gasteiger partial charge is 0.383 e. The Morgan fingerprint density at radius 3 is 2.76 bits per heavy atom. The summed E-state index contributed by atoms with van der Waals surface area (Å²) in [5, 5.41) is 7.80. The summed E-state index contributed by atoms with van der Waals surface area (Å²) >= 11 is 6.40. The van der Waals surface area contributed by atoms with Crippen LogP contribution >= 0.6 is 11.6 Å². The van der Waals surface area contributed by atoms with Gasteiger partial charge in [0.1, 0.15) is 5.82 Å². The number of nitrogens with zero attached hydrogens (tertiary/aromatic N) is 4. The number of halogens is 1. The van der Waals surface area contributed by atoms with E-state index in [4.69, 9.17) is 16.3 Å². The molecule has 3 aromatic rings. The summed E-state index contributed by atoms with van der Waals surface area (Å²) in [4.78, 5) is 16.6. The summed E-state index contributed by atoms with van der Waals surface area (Å²) in [6.07, 6.45) is 1.62. The number of methoxy groups -OCH3 is 1. The van der Waals surface area contributed by atoms with Crippen molar-refractivity contribution in [3.63, 3.8) is 0 Å². The van der Waals surface area contributed by atoms with Crippen LogP contribution in [-0.2, 0) is 18.3 Å². The Hall–Kier alpha value is -2.38. The molecule has 0 saturated carbocycles. The van der Waals surface area contributed by atoms with E-state index >= 15 is 0 Å². The molecule has 0 radical (unpaired) electrons. The van der Waals surface area contributed by atoms with Crippen LogP contribution in [0.1, 0.15) is 11.4 Å². The van der Waals surface area contributed by atoms with E-state index in [0.717, 1.165) is 16.9 Å². The van der Waals surface area contributed by atoms with Crippen molar-refractivity contribution < 1.29 is 4.74 Å². The van der Waals surface area contributed by atoms with Gasteiger partial charge in [-0.25, -0.2) is 9.67 Å². The Labute approximate surface area is 150 Å². The molecule has 0 saturated heterocycles. The first-order valence-corrected chi connectivity index (χ1v) is 8.25. The van der Waals surface area contributed by atoms with E-state index in [0.29, 0.717) is 35.1 Å². The molecule has 0 unspecified atom stereocenters. The number of rotatable bonds is 5. The standard InChI is InChI=1S/C17H20ClN5O2/c1-10-15(9-19-22(3)17(10)24)21-13-8-16-14(7-12(13)18)20-11(2)23(16)5-6-25-4/h7-9,21H,5-6H2,1-4H3. The maximum absolute atomic E-state index is 12.1. The van der Waals surface area contributed by atoms with Gasteiger partial charge in [-0.15, -0.1) is 0 Å². The lowest BCUT2D eigenvalue weighted by Gasteiger charge is -2.12. The highest BCUT2D eigenvalue weighted by molar-refractivity contribution is 6.34. The van der Waals surface area contributed by atoms with Crippen LogP contribution < -0.4 is 10.9 Å². The third-order valence-electron chi connectivity index (χ3n) is 4.20. The van der Waals surface area contributed by atoms with Gasteiger partial charge in [0.05, 0.1) is 40.2 Å². The molecule has 0 bridgehead atoms. The molecule has 1 aromatic carbocycles. The lowest BCUT2D eigenvalue weighted by molar-refractivity contribution is 0.187. The lowest BCUT2D eigenvalue weighted by Crippen LogP contribution is -2.22. The average molecular weight is 362 g/mol. The molecule has 0 fully saturated rings. The molecule has 0 aliphatic heterocycles. The van der Waals surface area contributed by atoms with Crippen molar-refractivity contribution in [3.05, 3.63) is 45.1 Å². The smallest absolute Gasteiger partial charge is 0.271 e. The number of imidazole rings is 1. The topological polar surface area (TPSA) is 74.0 Å². The molecule has 2 heterocycles. The van der Waals surface area contributed by atoms with Crippen LogP contribution in [0.2, 0.25) is 5.02 Å². The van der Waals surface area contributed by atoms with Crippen molar-refractivity contribution in [2.45, 2.75) is 20.4 Å². The van der Waals surface area contributed by atoms with Crippen LogP contribution in [0.25, 0.3) is 11.0 Å². The summed E-state index contributed by atoms with van der Waals surface area (Å²) in [6.45, 7) is 5.00. The minimum absolute atomic E-state index is 0.150. The normalized spacial score (nSPS) is 11.2. The summed E-state index contributed by atoms with van der Waals surface area (Å²) in [6, 6.07) is 3.75. The molecule has 7 nitrogen and oxygen atoms in total. The van der Waals surface area contributed by atoms with E-state index in [9.17, 15) is 4.79 Å². The lowest BCUT2D eigenvalue weighted by atomic mass is 10.2. The maximum atomic E-state index is 12.1. The zero-order valence-electron chi connectivity index (χ0n) is 14.6. The van der Waals surface area contributed by atoms with Gasteiger partial charge in [0, 0.05) is 26.3 Å². The second-order valence-corrected chi connectivity index (χ2v) is 6.27. The number of ether oxygens (including phenoxy) is 1. The third kappa shape index (κ3) is 3.25. The molecule has 0 spiro atoms. The quantitative estimate of drug-likeness (QED) is 0.756. The van der Waals surface area contributed by atoms with Crippen LogP contribution in [0, 0.1) is 13.8 Å². The molecule has 25 heavy (non-hydrogen) atoms. The van der Waals surface area contributed by atoms with Crippen LogP contribution in [0.3, 0.4) is 0 Å². The van der Waals surface area contributed by atoms with Gasteiger partial charge < -0.3 is 14.6 Å². The molecular formula is C17H20ClN5O2. The SMILES string of the molecule is COCCn1c(C)nc2cc(Cl)c(Nc3cnn(C)c(=O)c3C)cc21. The molecule has 0 aliphatic carbocycles. The van der Waals surface area contributed by atoms with Gasteiger partial charge in [-0.3, -0.25) is 4.79 Å². The zero-order chi connectivity index (χ0) is 18.1. The molecule has 132 valence electrons. The van der Waals surface area contributed by atoms with Crippen molar-refractivity contribution >= 4 is 34.0 Å². The summed E-state index contributed by atoms with van der Waals surface area (Å²) in [5.74, 6) is 0.895. The van der Waals surface area contributed by atoms with E-state index in [1.807, 2.05) is 19.1 Å². The number of anilines is 2. The molecule has 0 amide bonds. The highest BCUT2D eigenvalue weighted by Crippen LogP contribution is 2.31. The van der Waals surface area contributed by atoms with Gasteiger partial charge >= 0.3 is 0 Å². The molecular weight excluding hydrogens is 342 g/mol. The predicted octanol–water partition coefficient (Wildman–Crippen LogP) is 2.79. The van der Waals surface area contributed by atoms with Crippen molar-refractivity contribution in [2.24, 2.45) is 7.05 Å². The Morgan fingerprint density at radius 1 is 1.28 bits per heavy atom. The predicted molar refractivity (Wildman–Crippen MR) is 98.9 cm³/mol. The molecule has 8 heteroatoms. The van der Waals surface area contributed by atoms with Crippen LogP contribution in [0.5, 0.6) is 0 Å². The van der Waals surface area contributed by atoms with Gasteiger partial charge in [-0.05, 0) is 26.0 Å². The second-order valence-electron chi connectivity index (χ2n) is 5.86. The highest BCUT2D eigenvalue weighted by atomic mass is 35.5. The minimum Gasteiger partial charge on any atom is -0.383 e. The molecule has 0 aliphatic rings. The summed E-state index contributed by atoms with van der Waals surface area (Å²) in [5.41, 5.74) is 3.54. The van der Waals surface area contributed by atoms with Gasteiger partial charge in [0.25, 0.3) is 5.56 Å². The van der Waals surface area contributed by atoms with Gasteiger partial charge in [-0.2, -0.15) is 5.10 Å². The monoisotopic (exact) mass is 361 g/mol. The number of hydrogen-bond donors (Lipinski definition) is 1. The number of fused-ring (bicyclic) bond motifs is 1. The van der Waals surface area contributed by atoms with E-state index in [1.54, 1.807) is 27.3 Å². The van der Waals surface area contributed by atoms with Crippen molar-refractivity contribution in [2.75, 3.05) is 19.0 Å². The minimum atomic E-state index is -0.150. The molecule has 0 atom stereocenters. The number of nitrogens with one attached hydrogen (secondary N) is 1. The van der Waals surface area contributed by atoms with E-state index in [2.05, 4.69) is 20.0 Å². The Bertz CT molecular complexity index is 993. The number of aryl methyl sites for hydroxylation is 2. The molecule has 3 rings (SSSR count). The van der Waals surface area contributed by atoms with Gasteiger partial charge in [0.15, 0.2) is 0 Å². The first-order valence-electron chi connectivity index (χ1n) is 7.87. The van der Waals surface area contributed by atoms with Crippen molar-refractivity contribution in [3.8, 4) is 0 Å². The molecule has 1 N–H and O–H groups in total. The Morgan fingerprint density at radius 2 is 2.04 bits per heavy atom. The summed E-state index contributed by atoms with van der Waals surface area (Å²) in [7, 11) is 3.29. The van der Waals surface area contributed by atoms with Crippen molar-refractivity contribution in [1.82, 2.24) is 19.3 Å². The van der Waals surface area contributed by atoms with Crippen LogP contribution in [0.4, 0.5) is 11.4 Å². The first-order chi connectivity index (χ1) is 11.9. The fraction of sp³-hybridized carbons (Fsp3) is 0.353. The fourth-order valence-corrected chi connectivity index (χ4v) is 2.95. The summed E-state index contributed by atoms with van der Waals surface area (Å²) < 4.78 is 8.55. The van der Waals surface area contributed by atoms with E-state index < -0.39 is 0 Å². The maximum Gasteiger partial charge on any atom is 0.271 e. The van der Waals surface area contributed by atoms with Crippen LogP contribution in [0.15, 0.2) is 23.1 Å². The van der Waals surface area contributed by atoms with Crippen molar-refractivity contribution in [1.29, 1.82) is 0 Å². The highest BCUT2D eigenvalue weighted by Gasteiger charge is 2.13.